The second-order valence-corrected chi connectivity index (χ2v) is 6.54. The molecule has 0 spiro atoms. The number of benzene rings is 2. The third-order valence-corrected chi connectivity index (χ3v) is 5.01. The largest absolute Gasteiger partial charge is 0.497 e. The molecule has 4 heteroatoms. The van der Waals surface area contributed by atoms with Crippen LogP contribution in [0.1, 0.15) is 23.2 Å². The molecule has 1 N–H and O–H groups in total. The van der Waals surface area contributed by atoms with Crippen LogP contribution in [-0.4, -0.2) is 29.4 Å². The normalized spacial score (nSPS) is 13.7. The van der Waals surface area contributed by atoms with Gasteiger partial charge in [-0.3, -0.25) is 4.79 Å². The molecule has 128 valence electrons. The SMILES string of the molecule is COc1ccc2[nH]c3c(c2c1)CN(C(=O)CCc1ccccc1)CC3. The van der Waals surface area contributed by atoms with Crippen LogP contribution in [0.2, 0.25) is 0 Å². The zero-order valence-electron chi connectivity index (χ0n) is 14.4. The van der Waals surface area contributed by atoms with Crippen molar-refractivity contribution < 1.29 is 9.53 Å². The molecule has 1 aliphatic rings. The number of H-pyrrole nitrogens is 1. The van der Waals surface area contributed by atoms with Crippen molar-refractivity contribution >= 4 is 16.8 Å². The number of hydrogen-bond acceptors (Lipinski definition) is 2. The van der Waals surface area contributed by atoms with Gasteiger partial charge in [-0.15, -0.1) is 0 Å². The van der Waals surface area contributed by atoms with Crippen molar-refractivity contribution in [1.29, 1.82) is 0 Å². The smallest absolute Gasteiger partial charge is 0.223 e. The predicted octanol–water partition coefficient (Wildman–Crippen LogP) is 3.69. The summed E-state index contributed by atoms with van der Waals surface area (Å²) in [5, 5.41) is 1.16. The molecule has 1 amide bonds. The molecule has 0 unspecified atom stereocenters. The van der Waals surface area contributed by atoms with E-state index in [4.69, 9.17) is 4.74 Å². The summed E-state index contributed by atoms with van der Waals surface area (Å²) in [7, 11) is 1.68. The molecule has 0 saturated carbocycles. The van der Waals surface area contributed by atoms with E-state index >= 15 is 0 Å². The van der Waals surface area contributed by atoms with E-state index in [2.05, 4.69) is 23.2 Å². The number of aryl methyl sites for hydroxylation is 1. The van der Waals surface area contributed by atoms with E-state index in [0.717, 1.165) is 36.0 Å². The van der Waals surface area contributed by atoms with E-state index in [1.807, 2.05) is 35.2 Å². The summed E-state index contributed by atoms with van der Waals surface area (Å²) < 4.78 is 5.35. The second kappa shape index (κ2) is 6.63. The molecule has 2 heterocycles. The molecule has 0 aliphatic carbocycles. The van der Waals surface area contributed by atoms with Crippen LogP contribution in [0, 0.1) is 0 Å². The minimum absolute atomic E-state index is 0.228. The Morgan fingerprint density at radius 3 is 2.84 bits per heavy atom. The van der Waals surface area contributed by atoms with Gasteiger partial charge >= 0.3 is 0 Å². The minimum atomic E-state index is 0.228. The molecule has 0 fully saturated rings. The first-order valence-corrected chi connectivity index (χ1v) is 8.74. The number of carbonyl (C=O) groups excluding carboxylic acids is 1. The highest BCUT2D eigenvalue weighted by atomic mass is 16.5. The van der Waals surface area contributed by atoms with E-state index in [1.165, 1.54) is 16.8 Å². The van der Waals surface area contributed by atoms with Crippen molar-refractivity contribution in [2.75, 3.05) is 13.7 Å². The lowest BCUT2D eigenvalue weighted by molar-refractivity contribution is -0.132. The maximum Gasteiger partial charge on any atom is 0.223 e. The van der Waals surface area contributed by atoms with Crippen LogP contribution < -0.4 is 4.74 Å². The number of aromatic nitrogens is 1. The highest BCUT2D eigenvalue weighted by molar-refractivity contribution is 5.87. The van der Waals surface area contributed by atoms with Crippen molar-refractivity contribution in [3.63, 3.8) is 0 Å². The first kappa shape index (κ1) is 15.8. The zero-order chi connectivity index (χ0) is 17.2. The van der Waals surface area contributed by atoms with Crippen molar-refractivity contribution in [3.8, 4) is 5.75 Å². The lowest BCUT2D eigenvalue weighted by Gasteiger charge is -2.27. The lowest BCUT2D eigenvalue weighted by Crippen LogP contribution is -2.35. The maximum atomic E-state index is 12.7. The Morgan fingerprint density at radius 2 is 2.04 bits per heavy atom. The van der Waals surface area contributed by atoms with Gasteiger partial charge in [-0.25, -0.2) is 0 Å². The Labute approximate surface area is 147 Å². The number of nitrogens with zero attached hydrogens (tertiary/aromatic N) is 1. The zero-order valence-corrected chi connectivity index (χ0v) is 14.4. The fraction of sp³-hybridized carbons (Fsp3) is 0.286. The van der Waals surface area contributed by atoms with Crippen LogP contribution in [0.15, 0.2) is 48.5 Å². The average Bonchev–Trinajstić information content (AvgIpc) is 3.03. The Balaban J connectivity index is 1.50. The van der Waals surface area contributed by atoms with Crippen LogP contribution >= 0.6 is 0 Å². The molecule has 0 bridgehead atoms. The summed E-state index contributed by atoms with van der Waals surface area (Å²) in [5.41, 5.74) is 4.80. The summed E-state index contributed by atoms with van der Waals surface area (Å²) in [5.74, 6) is 1.08. The van der Waals surface area contributed by atoms with Crippen molar-refractivity contribution in [3.05, 3.63) is 65.4 Å². The summed E-state index contributed by atoms with van der Waals surface area (Å²) in [6.45, 7) is 1.46. The van der Waals surface area contributed by atoms with Gasteiger partial charge in [-0.05, 0) is 30.2 Å². The van der Waals surface area contributed by atoms with Gasteiger partial charge < -0.3 is 14.6 Å². The number of fused-ring (bicyclic) bond motifs is 3. The van der Waals surface area contributed by atoms with Gasteiger partial charge in [0.2, 0.25) is 5.91 Å². The quantitative estimate of drug-likeness (QED) is 0.791. The third kappa shape index (κ3) is 3.12. The number of aromatic amines is 1. The molecular weight excluding hydrogens is 312 g/mol. The summed E-state index contributed by atoms with van der Waals surface area (Å²) in [6.07, 6.45) is 2.24. The highest BCUT2D eigenvalue weighted by Gasteiger charge is 2.24. The molecule has 0 saturated heterocycles. The fourth-order valence-electron chi connectivity index (χ4n) is 3.59. The van der Waals surface area contributed by atoms with Gasteiger partial charge in [0.05, 0.1) is 7.11 Å². The minimum Gasteiger partial charge on any atom is -0.497 e. The first-order chi connectivity index (χ1) is 12.2. The van der Waals surface area contributed by atoms with E-state index in [9.17, 15) is 4.79 Å². The number of nitrogens with one attached hydrogen (secondary N) is 1. The number of ether oxygens (including phenoxy) is 1. The van der Waals surface area contributed by atoms with E-state index < -0.39 is 0 Å². The van der Waals surface area contributed by atoms with E-state index in [-0.39, 0.29) is 5.91 Å². The van der Waals surface area contributed by atoms with Crippen molar-refractivity contribution in [2.24, 2.45) is 0 Å². The Morgan fingerprint density at radius 1 is 1.20 bits per heavy atom. The van der Waals surface area contributed by atoms with Crippen LogP contribution in [0.5, 0.6) is 5.75 Å². The van der Waals surface area contributed by atoms with E-state index in [1.54, 1.807) is 7.11 Å². The van der Waals surface area contributed by atoms with E-state index in [0.29, 0.717) is 13.0 Å². The number of methoxy groups -OCH3 is 1. The molecule has 2 aromatic carbocycles. The summed E-state index contributed by atoms with van der Waals surface area (Å²) in [6, 6.07) is 16.3. The standard InChI is InChI=1S/C21H22N2O2/c1-25-16-8-9-19-17(13-16)18-14-23(12-11-20(18)22-19)21(24)10-7-15-5-3-2-4-6-15/h2-6,8-9,13,22H,7,10-12,14H2,1H3. The van der Waals surface area contributed by atoms with Gasteiger partial charge in [0.25, 0.3) is 0 Å². The van der Waals surface area contributed by atoms with Crippen LogP contribution in [0.3, 0.4) is 0 Å². The Kier molecular flexibility index (Phi) is 4.18. The topological polar surface area (TPSA) is 45.3 Å². The number of rotatable bonds is 4. The highest BCUT2D eigenvalue weighted by Crippen LogP contribution is 2.30. The molecule has 4 rings (SSSR count). The summed E-state index contributed by atoms with van der Waals surface area (Å²) in [4.78, 5) is 18.1. The van der Waals surface area contributed by atoms with Gasteiger partial charge in [0.1, 0.15) is 5.75 Å². The monoisotopic (exact) mass is 334 g/mol. The number of carbonyl (C=O) groups is 1. The van der Waals surface area contributed by atoms with Crippen molar-refractivity contribution in [1.82, 2.24) is 9.88 Å². The maximum absolute atomic E-state index is 12.7. The van der Waals surface area contributed by atoms with Crippen LogP contribution in [-0.2, 0) is 24.2 Å². The summed E-state index contributed by atoms with van der Waals surface area (Å²) >= 11 is 0. The lowest BCUT2D eigenvalue weighted by atomic mass is 10.0. The predicted molar refractivity (Wildman–Crippen MR) is 98.7 cm³/mol. The number of hydrogen-bond donors (Lipinski definition) is 1. The average molecular weight is 334 g/mol. The molecule has 25 heavy (non-hydrogen) atoms. The molecule has 4 nitrogen and oxygen atoms in total. The second-order valence-electron chi connectivity index (χ2n) is 6.54. The van der Waals surface area contributed by atoms with Gasteiger partial charge in [-0.2, -0.15) is 0 Å². The number of amides is 1. The molecule has 3 aromatic rings. The van der Waals surface area contributed by atoms with Gasteiger partial charge in [0, 0.05) is 48.1 Å². The Hall–Kier alpha value is -2.75. The Bertz CT molecular complexity index is 899. The molecule has 0 radical (unpaired) electrons. The molecular formula is C21H22N2O2. The molecule has 0 atom stereocenters. The third-order valence-electron chi connectivity index (χ3n) is 5.01. The van der Waals surface area contributed by atoms with Crippen LogP contribution in [0.4, 0.5) is 0 Å². The van der Waals surface area contributed by atoms with Crippen LogP contribution in [0.25, 0.3) is 10.9 Å². The fourth-order valence-corrected chi connectivity index (χ4v) is 3.59. The van der Waals surface area contributed by atoms with Gasteiger partial charge in [-0.1, -0.05) is 30.3 Å². The van der Waals surface area contributed by atoms with Gasteiger partial charge in [0.15, 0.2) is 0 Å². The van der Waals surface area contributed by atoms with Crippen molar-refractivity contribution in [2.45, 2.75) is 25.8 Å². The first-order valence-electron chi connectivity index (χ1n) is 8.74. The molecule has 1 aliphatic heterocycles. The molecule has 1 aromatic heterocycles.